The Morgan fingerprint density at radius 3 is 2.40 bits per heavy atom. The van der Waals surface area contributed by atoms with Gasteiger partial charge in [-0.25, -0.2) is 9.18 Å². The molecule has 0 spiro atoms. The Labute approximate surface area is 90.0 Å². The van der Waals surface area contributed by atoms with Gasteiger partial charge in [-0.05, 0) is 27.7 Å². The van der Waals surface area contributed by atoms with Crippen molar-refractivity contribution in [3.05, 3.63) is 0 Å². The number of carbonyl (C=O) groups is 1. The molecule has 1 amide bonds. The first kappa shape index (κ1) is 14.2. The van der Waals surface area contributed by atoms with E-state index in [9.17, 15) is 9.18 Å². The molecule has 0 saturated carbocycles. The van der Waals surface area contributed by atoms with Crippen molar-refractivity contribution >= 4 is 6.09 Å². The van der Waals surface area contributed by atoms with E-state index in [0.717, 1.165) is 0 Å². The smallest absolute Gasteiger partial charge is 0.410 e. The molecule has 0 aliphatic carbocycles. The zero-order chi connectivity index (χ0) is 12.1. The fourth-order valence-electron chi connectivity index (χ4n) is 0.962. The van der Waals surface area contributed by atoms with Gasteiger partial charge in [-0.15, -0.1) is 0 Å². The highest BCUT2D eigenvalue weighted by molar-refractivity contribution is 5.68. The largest absolute Gasteiger partial charge is 0.444 e. The summed E-state index contributed by atoms with van der Waals surface area (Å²) in [6, 6.07) is 0. The number of hydrogen-bond acceptors (Lipinski definition) is 3. The SMILES string of the molecule is CCN(CC(O)CF)C(=O)OC(C)(C)C. The number of hydrogen-bond donors (Lipinski definition) is 1. The van der Waals surface area contributed by atoms with Crippen molar-refractivity contribution in [1.29, 1.82) is 0 Å². The maximum absolute atomic E-state index is 12.1. The van der Waals surface area contributed by atoms with Crippen LogP contribution in [-0.2, 0) is 4.74 Å². The van der Waals surface area contributed by atoms with Crippen LogP contribution in [0.4, 0.5) is 9.18 Å². The minimum absolute atomic E-state index is 0.0398. The third-order valence-corrected chi connectivity index (χ3v) is 1.64. The highest BCUT2D eigenvalue weighted by Crippen LogP contribution is 2.10. The molecule has 15 heavy (non-hydrogen) atoms. The highest BCUT2D eigenvalue weighted by atomic mass is 19.1. The van der Waals surface area contributed by atoms with Crippen LogP contribution in [0.3, 0.4) is 0 Å². The van der Waals surface area contributed by atoms with Gasteiger partial charge in [-0.2, -0.15) is 0 Å². The van der Waals surface area contributed by atoms with Gasteiger partial charge in [0.25, 0.3) is 0 Å². The van der Waals surface area contributed by atoms with Gasteiger partial charge in [-0.3, -0.25) is 0 Å². The number of aliphatic hydroxyl groups excluding tert-OH is 1. The quantitative estimate of drug-likeness (QED) is 0.784. The molecule has 1 N–H and O–H groups in total. The third kappa shape index (κ3) is 6.28. The highest BCUT2D eigenvalue weighted by Gasteiger charge is 2.22. The molecular formula is C10H20FNO3. The maximum Gasteiger partial charge on any atom is 0.410 e. The van der Waals surface area contributed by atoms with Crippen molar-refractivity contribution in [2.75, 3.05) is 19.8 Å². The molecule has 0 saturated heterocycles. The van der Waals surface area contributed by atoms with E-state index in [0.29, 0.717) is 6.54 Å². The van der Waals surface area contributed by atoms with Crippen molar-refractivity contribution in [2.45, 2.75) is 39.4 Å². The summed E-state index contributed by atoms with van der Waals surface area (Å²) in [6.07, 6.45) is -1.67. The van der Waals surface area contributed by atoms with Gasteiger partial charge in [0, 0.05) is 6.54 Å². The summed E-state index contributed by atoms with van der Waals surface area (Å²) in [5.41, 5.74) is -0.578. The molecule has 0 radical (unpaired) electrons. The molecule has 0 heterocycles. The van der Waals surface area contributed by atoms with Crippen molar-refractivity contribution in [3.8, 4) is 0 Å². The Bertz CT molecular complexity index is 203. The summed E-state index contributed by atoms with van der Waals surface area (Å²) < 4.78 is 17.1. The molecule has 0 aromatic rings. The van der Waals surface area contributed by atoms with Crippen molar-refractivity contribution in [2.24, 2.45) is 0 Å². The molecule has 1 atom stereocenters. The summed E-state index contributed by atoms with van der Waals surface area (Å²) >= 11 is 0. The van der Waals surface area contributed by atoms with Crippen LogP contribution < -0.4 is 0 Å². The Morgan fingerprint density at radius 2 is 2.07 bits per heavy atom. The minimum atomic E-state index is -1.14. The van der Waals surface area contributed by atoms with Crippen LogP contribution in [0.2, 0.25) is 0 Å². The van der Waals surface area contributed by atoms with Crippen LogP contribution in [0.15, 0.2) is 0 Å². The van der Waals surface area contributed by atoms with Gasteiger partial charge in [-0.1, -0.05) is 0 Å². The van der Waals surface area contributed by atoms with Crippen LogP contribution >= 0.6 is 0 Å². The number of rotatable bonds is 4. The molecule has 0 bridgehead atoms. The first-order valence-corrected chi connectivity index (χ1v) is 5.02. The number of alkyl halides is 1. The standard InChI is InChI=1S/C10H20FNO3/c1-5-12(7-8(13)6-11)9(14)15-10(2,3)4/h8,13H,5-7H2,1-4H3. The topological polar surface area (TPSA) is 49.8 Å². The number of halogens is 1. The molecular weight excluding hydrogens is 201 g/mol. The number of ether oxygens (including phenoxy) is 1. The number of aliphatic hydroxyl groups is 1. The predicted octanol–water partition coefficient (Wildman–Crippen LogP) is 1.57. The maximum atomic E-state index is 12.1. The molecule has 90 valence electrons. The Morgan fingerprint density at radius 1 is 1.53 bits per heavy atom. The third-order valence-electron chi connectivity index (χ3n) is 1.64. The zero-order valence-corrected chi connectivity index (χ0v) is 9.79. The summed E-state index contributed by atoms with van der Waals surface area (Å²) in [4.78, 5) is 12.8. The molecule has 0 aromatic heterocycles. The molecule has 5 heteroatoms. The number of amides is 1. The molecule has 0 aliphatic heterocycles. The molecule has 0 fully saturated rings. The lowest BCUT2D eigenvalue weighted by Gasteiger charge is -2.27. The molecule has 4 nitrogen and oxygen atoms in total. The lowest BCUT2D eigenvalue weighted by Crippen LogP contribution is -2.41. The minimum Gasteiger partial charge on any atom is -0.444 e. The van der Waals surface area contributed by atoms with Gasteiger partial charge in [0.1, 0.15) is 12.3 Å². The van der Waals surface area contributed by atoms with E-state index in [1.165, 1.54) is 4.90 Å². The molecule has 0 rings (SSSR count). The van der Waals surface area contributed by atoms with Gasteiger partial charge < -0.3 is 14.7 Å². The Balaban J connectivity index is 4.23. The van der Waals surface area contributed by atoms with Crippen LogP contribution in [0.5, 0.6) is 0 Å². The average Bonchev–Trinajstić information content (AvgIpc) is 2.10. The second-order valence-electron chi connectivity index (χ2n) is 4.33. The van der Waals surface area contributed by atoms with E-state index >= 15 is 0 Å². The van der Waals surface area contributed by atoms with Gasteiger partial charge in [0.15, 0.2) is 0 Å². The predicted molar refractivity (Wildman–Crippen MR) is 55.5 cm³/mol. The first-order valence-electron chi connectivity index (χ1n) is 5.02. The van der Waals surface area contributed by atoms with E-state index in [-0.39, 0.29) is 6.54 Å². The van der Waals surface area contributed by atoms with Gasteiger partial charge in [0.2, 0.25) is 0 Å². The molecule has 0 aliphatic rings. The fourth-order valence-corrected chi connectivity index (χ4v) is 0.962. The zero-order valence-electron chi connectivity index (χ0n) is 9.79. The van der Waals surface area contributed by atoms with Crippen LogP contribution in [0, 0.1) is 0 Å². The number of likely N-dealkylation sites (N-methyl/N-ethyl adjacent to an activating group) is 1. The Hall–Kier alpha value is -0.840. The van der Waals surface area contributed by atoms with E-state index in [1.54, 1.807) is 27.7 Å². The van der Waals surface area contributed by atoms with Crippen molar-refractivity contribution in [1.82, 2.24) is 4.90 Å². The summed E-state index contributed by atoms with van der Waals surface area (Å²) in [5.74, 6) is 0. The number of nitrogens with zero attached hydrogens (tertiary/aromatic N) is 1. The van der Waals surface area contributed by atoms with Crippen LogP contribution in [0.1, 0.15) is 27.7 Å². The van der Waals surface area contributed by atoms with E-state index in [1.807, 2.05) is 0 Å². The summed E-state index contributed by atoms with van der Waals surface area (Å²) in [7, 11) is 0. The second-order valence-corrected chi connectivity index (χ2v) is 4.33. The van der Waals surface area contributed by atoms with Crippen molar-refractivity contribution in [3.63, 3.8) is 0 Å². The second kappa shape index (κ2) is 5.90. The lowest BCUT2D eigenvalue weighted by molar-refractivity contribution is 0.0135. The Kier molecular flexibility index (Phi) is 5.57. The summed E-state index contributed by atoms with van der Waals surface area (Å²) in [5, 5.41) is 9.08. The first-order chi connectivity index (χ1) is 6.80. The van der Waals surface area contributed by atoms with E-state index in [4.69, 9.17) is 9.84 Å². The van der Waals surface area contributed by atoms with Gasteiger partial charge >= 0.3 is 6.09 Å². The fraction of sp³-hybridized carbons (Fsp3) is 0.900. The molecule has 0 aromatic carbocycles. The average molecular weight is 221 g/mol. The van der Waals surface area contributed by atoms with E-state index < -0.39 is 24.5 Å². The van der Waals surface area contributed by atoms with Crippen LogP contribution in [0.25, 0.3) is 0 Å². The van der Waals surface area contributed by atoms with Crippen molar-refractivity contribution < 1.29 is 19.0 Å². The normalized spacial score (nSPS) is 13.5. The lowest BCUT2D eigenvalue weighted by atomic mass is 10.2. The monoisotopic (exact) mass is 221 g/mol. The molecule has 1 unspecified atom stereocenters. The number of carbonyl (C=O) groups excluding carboxylic acids is 1. The van der Waals surface area contributed by atoms with Crippen LogP contribution in [-0.4, -0.2) is 47.6 Å². The van der Waals surface area contributed by atoms with Gasteiger partial charge in [0.05, 0.1) is 12.6 Å². The summed E-state index contributed by atoms with van der Waals surface area (Å²) in [6.45, 7) is 6.49. The van der Waals surface area contributed by atoms with E-state index in [2.05, 4.69) is 0 Å².